The first-order valence-corrected chi connectivity index (χ1v) is 12.5. The molecule has 0 spiro atoms. The summed E-state index contributed by atoms with van der Waals surface area (Å²) in [5.41, 5.74) is 1.09. The molecule has 3 amide bonds. The molecule has 0 saturated carbocycles. The molecule has 3 aromatic heterocycles. The van der Waals surface area contributed by atoms with Crippen molar-refractivity contribution >= 4 is 45.3 Å². The smallest absolute Gasteiger partial charge is 0.317 e. The van der Waals surface area contributed by atoms with E-state index in [-0.39, 0.29) is 18.0 Å². The molecule has 186 valence electrons. The second-order valence-corrected chi connectivity index (χ2v) is 9.61. The predicted molar refractivity (Wildman–Crippen MR) is 138 cm³/mol. The molecular formula is C24H26N8O3S. The van der Waals surface area contributed by atoms with Crippen LogP contribution in [0.5, 0.6) is 11.5 Å². The zero-order chi connectivity index (χ0) is 25.1. The zero-order valence-corrected chi connectivity index (χ0v) is 20.7. The number of rotatable bonds is 7. The quantitative estimate of drug-likeness (QED) is 0.297. The summed E-state index contributed by atoms with van der Waals surface area (Å²) in [5, 5.41) is 17.7. The van der Waals surface area contributed by atoms with Crippen LogP contribution >= 0.6 is 11.3 Å². The molecule has 1 aliphatic rings. The van der Waals surface area contributed by atoms with Gasteiger partial charge in [0, 0.05) is 54.6 Å². The van der Waals surface area contributed by atoms with Crippen LogP contribution in [0.15, 0.2) is 42.7 Å². The Balaban J connectivity index is 1.28. The van der Waals surface area contributed by atoms with Gasteiger partial charge in [-0.15, -0.1) is 11.3 Å². The van der Waals surface area contributed by atoms with Crippen molar-refractivity contribution in [3.63, 3.8) is 0 Å². The molecule has 0 bridgehead atoms. The van der Waals surface area contributed by atoms with E-state index in [1.54, 1.807) is 47.6 Å². The van der Waals surface area contributed by atoms with Gasteiger partial charge in [-0.05, 0) is 44.5 Å². The second kappa shape index (κ2) is 10.2. The zero-order valence-electron chi connectivity index (χ0n) is 19.9. The third-order valence-corrected chi connectivity index (χ3v) is 6.58. The number of carbonyl (C=O) groups is 2. The summed E-state index contributed by atoms with van der Waals surface area (Å²) in [7, 11) is 0. The first-order chi connectivity index (χ1) is 17.5. The van der Waals surface area contributed by atoms with Gasteiger partial charge in [-0.3, -0.25) is 15.2 Å². The minimum absolute atomic E-state index is 0.0572. The number of thiazole rings is 1. The number of aryl methyl sites for hydroxylation is 1. The molecule has 1 unspecified atom stereocenters. The summed E-state index contributed by atoms with van der Waals surface area (Å²) < 4.78 is 6.15. The lowest BCUT2D eigenvalue weighted by molar-refractivity contribution is 0.102. The van der Waals surface area contributed by atoms with Crippen LogP contribution in [-0.2, 0) is 0 Å². The van der Waals surface area contributed by atoms with E-state index in [1.165, 1.54) is 11.3 Å². The average molecular weight is 507 g/mol. The number of H-pyrrole nitrogens is 1. The summed E-state index contributed by atoms with van der Waals surface area (Å²) >= 11 is 1.42. The summed E-state index contributed by atoms with van der Waals surface area (Å²) in [6.45, 7) is 5.70. The van der Waals surface area contributed by atoms with Gasteiger partial charge < -0.3 is 20.3 Å². The van der Waals surface area contributed by atoms with Gasteiger partial charge in [0.25, 0.3) is 5.91 Å². The Morgan fingerprint density at radius 1 is 1.22 bits per heavy atom. The molecular weight excluding hydrogens is 480 g/mol. The largest absolute Gasteiger partial charge is 0.456 e. The molecule has 11 nitrogen and oxygen atoms in total. The number of hydrogen-bond acceptors (Lipinski definition) is 8. The van der Waals surface area contributed by atoms with Gasteiger partial charge in [0.2, 0.25) is 0 Å². The number of nitrogens with one attached hydrogen (secondary N) is 4. The number of benzene rings is 1. The number of pyridine rings is 1. The minimum atomic E-state index is -0.234. The summed E-state index contributed by atoms with van der Waals surface area (Å²) in [5.74, 6) is 1.53. The summed E-state index contributed by atoms with van der Waals surface area (Å²) in [4.78, 5) is 36.0. The van der Waals surface area contributed by atoms with Crippen LogP contribution < -0.4 is 20.7 Å². The first-order valence-electron chi connectivity index (χ1n) is 11.6. The second-order valence-electron chi connectivity index (χ2n) is 8.37. The van der Waals surface area contributed by atoms with Crippen molar-refractivity contribution in [1.29, 1.82) is 0 Å². The lowest BCUT2D eigenvalue weighted by atomic mass is 10.2. The molecule has 4 N–H and O–H groups in total. The SMILES string of the molecule is CCNC(=O)N1CCC(Nc2n[nH]c3nccc(Oc4ccc(C(=O)Nc5ncc(C)s5)cc4)c23)C1. The monoisotopic (exact) mass is 506 g/mol. The molecule has 12 heteroatoms. The maximum Gasteiger partial charge on any atom is 0.317 e. The molecule has 4 aromatic rings. The van der Waals surface area contributed by atoms with E-state index in [2.05, 4.69) is 36.1 Å². The van der Waals surface area contributed by atoms with Gasteiger partial charge in [0.15, 0.2) is 16.6 Å². The Morgan fingerprint density at radius 2 is 2.06 bits per heavy atom. The Kier molecular flexibility index (Phi) is 6.67. The van der Waals surface area contributed by atoms with Gasteiger partial charge in [-0.25, -0.2) is 14.8 Å². The number of urea groups is 1. The molecule has 36 heavy (non-hydrogen) atoms. The van der Waals surface area contributed by atoms with Crippen molar-refractivity contribution in [2.24, 2.45) is 0 Å². The molecule has 1 saturated heterocycles. The van der Waals surface area contributed by atoms with Gasteiger partial charge in [-0.1, -0.05) is 0 Å². The number of likely N-dealkylation sites (tertiary alicyclic amines) is 1. The van der Waals surface area contributed by atoms with E-state index in [4.69, 9.17) is 4.74 Å². The Labute approximate surface area is 211 Å². The molecule has 1 fully saturated rings. The number of carbonyl (C=O) groups excluding carboxylic acids is 2. The van der Waals surface area contributed by atoms with Crippen LogP contribution in [0.4, 0.5) is 15.7 Å². The minimum Gasteiger partial charge on any atom is -0.456 e. The number of nitrogens with zero attached hydrogens (tertiary/aromatic N) is 4. The fourth-order valence-electron chi connectivity index (χ4n) is 4.01. The van der Waals surface area contributed by atoms with E-state index >= 15 is 0 Å². The fraction of sp³-hybridized carbons (Fsp3) is 0.292. The Hall–Kier alpha value is -4.19. The molecule has 4 heterocycles. The number of fused-ring (bicyclic) bond motifs is 1. The topological polar surface area (TPSA) is 137 Å². The van der Waals surface area contributed by atoms with Crippen molar-refractivity contribution in [1.82, 2.24) is 30.4 Å². The van der Waals surface area contributed by atoms with E-state index in [1.807, 2.05) is 13.8 Å². The standard InChI is InChI=1S/C24H26N8O3S/c1-3-25-24(34)32-11-9-16(13-32)28-21-19-18(8-10-26-20(19)30-31-21)35-17-6-4-15(5-7-17)22(33)29-23-27-12-14(2)36-23/h4-8,10,12,16H,3,9,11,13H2,1-2H3,(H,25,34)(H,27,29,33)(H2,26,28,30,31). The summed E-state index contributed by atoms with van der Waals surface area (Å²) in [6.07, 6.45) is 4.17. The van der Waals surface area contributed by atoms with Crippen molar-refractivity contribution in [3.8, 4) is 11.5 Å². The van der Waals surface area contributed by atoms with Crippen LogP contribution in [0.1, 0.15) is 28.6 Å². The lowest BCUT2D eigenvalue weighted by Gasteiger charge is -2.17. The highest BCUT2D eigenvalue weighted by Crippen LogP contribution is 2.33. The van der Waals surface area contributed by atoms with Crippen molar-refractivity contribution in [2.45, 2.75) is 26.3 Å². The van der Waals surface area contributed by atoms with Crippen LogP contribution in [0, 0.1) is 6.92 Å². The molecule has 1 atom stereocenters. The molecule has 1 aliphatic heterocycles. The predicted octanol–water partition coefficient (Wildman–Crippen LogP) is 3.98. The van der Waals surface area contributed by atoms with Crippen molar-refractivity contribution in [3.05, 3.63) is 53.2 Å². The maximum absolute atomic E-state index is 12.5. The van der Waals surface area contributed by atoms with E-state index in [0.717, 1.165) is 16.7 Å². The van der Waals surface area contributed by atoms with Crippen LogP contribution in [-0.4, -0.2) is 62.7 Å². The number of anilines is 2. The maximum atomic E-state index is 12.5. The van der Waals surface area contributed by atoms with E-state index in [0.29, 0.717) is 53.3 Å². The Morgan fingerprint density at radius 3 is 2.81 bits per heavy atom. The highest BCUT2D eigenvalue weighted by atomic mass is 32.1. The third-order valence-electron chi connectivity index (χ3n) is 5.75. The third kappa shape index (κ3) is 5.08. The van der Waals surface area contributed by atoms with Crippen molar-refractivity contribution in [2.75, 3.05) is 30.3 Å². The van der Waals surface area contributed by atoms with Gasteiger partial charge in [0.1, 0.15) is 16.9 Å². The highest BCUT2D eigenvalue weighted by molar-refractivity contribution is 7.15. The average Bonchev–Trinajstić information content (AvgIpc) is 3.61. The number of aromatic amines is 1. The molecule has 0 aliphatic carbocycles. The number of ether oxygens (including phenoxy) is 1. The lowest BCUT2D eigenvalue weighted by Crippen LogP contribution is -2.39. The van der Waals surface area contributed by atoms with E-state index < -0.39 is 0 Å². The summed E-state index contributed by atoms with van der Waals surface area (Å²) in [6, 6.07) is 8.65. The van der Waals surface area contributed by atoms with Gasteiger partial charge >= 0.3 is 6.03 Å². The fourth-order valence-corrected chi connectivity index (χ4v) is 4.67. The van der Waals surface area contributed by atoms with Gasteiger partial charge in [0.05, 0.1) is 0 Å². The highest BCUT2D eigenvalue weighted by Gasteiger charge is 2.27. The first kappa shape index (κ1) is 23.5. The van der Waals surface area contributed by atoms with Crippen LogP contribution in [0.25, 0.3) is 11.0 Å². The van der Waals surface area contributed by atoms with Crippen LogP contribution in [0.3, 0.4) is 0 Å². The van der Waals surface area contributed by atoms with Crippen LogP contribution in [0.2, 0.25) is 0 Å². The number of aromatic nitrogens is 4. The molecule has 1 aromatic carbocycles. The van der Waals surface area contributed by atoms with Crippen molar-refractivity contribution < 1.29 is 14.3 Å². The number of hydrogen-bond donors (Lipinski definition) is 4. The molecule has 0 radical (unpaired) electrons. The van der Waals surface area contributed by atoms with E-state index in [9.17, 15) is 9.59 Å². The normalized spacial score (nSPS) is 15.2. The number of amides is 3. The molecule has 5 rings (SSSR count). The van der Waals surface area contributed by atoms with Gasteiger partial charge in [-0.2, -0.15) is 5.10 Å². The Bertz CT molecular complexity index is 1380.